The van der Waals surface area contributed by atoms with Crippen LogP contribution in [-0.2, 0) is 18.1 Å². The van der Waals surface area contributed by atoms with E-state index >= 15 is 0 Å². The molecule has 0 aliphatic rings. The molecule has 0 spiro atoms. The fraction of sp³-hybridized carbons (Fsp3) is 0.300. The number of aromatic nitrogens is 5. The molecule has 0 aliphatic carbocycles. The Hall–Kier alpha value is -2.12. The standard InChI is InChI=1S/C20H23N5S2/c1-5-9-25-18(13-26-19-21-15(3)11-16(4)22-19)23-24-20(25)27-12-17-8-6-7-14(2)10-17/h5-8,10-11H,1,9,12-13H2,2-4H3. The molecule has 27 heavy (non-hydrogen) atoms. The van der Waals surface area contributed by atoms with Crippen LogP contribution in [0.1, 0.15) is 28.3 Å². The van der Waals surface area contributed by atoms with Gasteiger partial charge in [-0.25, -0.2) is 9.97 Å². The molecule has 0 saturated carbocycles. The lowest BCUT2D eigenvalue weighted by atomic mass is 10.2. The van der Waals surface area contributed by atoms with E-state index in [-0.39, 0.29) is 0 Å². The largest absolute Gasteiger partial charge is 0.301 e. The summed E-state index contributed by atoms with van der Waals surface area (Å²) in [6.07, 6.45) is 1.88. The van der Waals surface area contributed by atoms with Crippen LogP contribution in [0.25, 0.3) is 0 Å². The zero-order valence-corrected chi connectivity index (χ0v) is 17.5. The van der Waals surface area contributed by atoms with Crippen molar-refractivity contribution in [3.8, 4) is 0 Å². The minimum atomic E-state index is 0.675. The van der Waals surface area contributed by atoms with Crippen molar-refractivity contribution in [2.24, 2.45) is 0 Å². The van der Waals surface area contributed by atoms with Gasteiger partial charge in [0.25, 0.3) is 0 Å². The Labute approximate surface area is 168 Å². The Morgan fingerprint density at radius 2 is 1.78 bits per heavy atom. The Morgan fingerprint density at radius 3 is 2.48 bits per heavy atom. The maximum absolute atomic E-state index is 4.48. The molecule has 3 aromatic rings. The van der Waals surface area contributed by atoms with Crippen LogP contribution < -0.4 is 0 Å². The van der Waals surface area contributed by atoms with Crippen LogP contribution in [0.3, 0.4) is 0 Å². The Kier molecular flexibility index (Phi) is 6.68. The van der Waals surface area contributed by atoms with E-state index in [1.807, 2.05) is 26.0 Å². The Balaban J connectivity index is 1.71. The molecular formula is C20H23N5S2. The number of nitrogens with zero attached hydrogens (tertiary/aromatic N) is 5. The number of benzene rings is 1. The van der Waals surface area contributed by atoms with Crippen molar-refractivity contribution < 1.29 is 0 Å². The van der Waals surface area contributed by atoms with E-state index in [4.69, 9.17) is 0 Å². The van der Waals surface area contributed by atoms with Crippen LogP contribution in [0.2, 0.25) is 0 Å². The van der Waals surface area contributed by atoms with E-state index in [0.29, 0.717) is 12.3 Å². The highest BCUT2D eigenvalue weighted by molar-refractivity contribution is 7.98. The van der Waals surface area contributed by atoms with E-state index in [1.165, 1.54) is 11.1 Å². The summed E-state index contributed by atoms with van der Waals surface area (Å²) >= 11 is 3.28. The quantitative estimate of drug-likeness (QED) is 0.310. The van der Waals surface area contributed by atoms with Gasteiger partial charge in [0.05, 0.1) is 5.75 Å². The Bertz CT molecular complexity index is 916. The third-order valence-corrected chi connectivity index (χ3v) is 5.73. The number of thioether (sulfide) groups is 2. The van der Waals surface area contributed by atoms with Gasteiger partial charge in [-0.2, -0.15) is 0 Å². The summed E-state index contributed by atoms with van der Waals surface area (Å²) in [6, 6.07) is 10.5. The van der Waals surface area contributed by atoms with Gasteiger partial charge < -0.3 is 4.57 Å². The van der Waals surface area contributed by atoms with Crippen molar-refractivity contribution in [1.29, 1.82) is 0 Å². The molecule has 0 N–H and O–H groups in total. The fourth-order valence-electron chi connectivity index (χ4n) is 2.68. The van der Waals surface area contributed by atoms with Crippen molar-refractivity contribution in [1.82, 2.24) is 24.7 Å². The van der Waals surface area contributed by atoms with Gasteiger partial charge in [-0.1, -0.05) is 59.4 Å². The normalized spacial score (nSPS) is 10.9. The van der Waals surface area contributed by atoms with Gasteiger partial charge in [0.2, 0.25) is 0 Å². The first-order valence-corrected chi connectivity index (χ1v) is 10.7. The number of rotatable bonds is 8. The maximum atomic E-state index is 4.48. The van der Waals surface area contributed by atoms with E-state index < -0.39 is 0 Å². The van der Waals surface area contributed by atoms with Gasteiger partial charge in [-0.15, -0.1) is 16.8 Å². The third kappa shape index (κ3) is 5.43. The maximum Gasteiger partial charge on any atom is 0.191 e. The molecule has 0 fully saturated rings. The SMILES string of the molecule is C=CCn1c(CSc2nc(C)cc(C)n2)nnc1SCc1cccc(C)c1. The summed E-state index contributed by atoms with van der Waals surface area (Å²) in [7, 11) is 0. The van der Waals surface area contributed by atoms with Crippen LogP contribution >= 0.6 is 23.5 Å². The summed E-state index contributed by atoms with van der Waals surface area (Å²) in [6.45, 7) is 10.6. The van der Waals surface area contributed by atoms with Crippen molar-refractivity contribution in [2.75, 3.05) is 0 Å². The van der Waals surface area contributed by atoms with Gasteiger partial charge in [0.1, 0.15) is 5.82 Å². The lowest BCUT2D eigenvalue weighted by Gasteiger charge is -2.08. The van der Waals surface area contributed by atoms with Gasteiger partial charge in [-0.05, 0) is 32.4 Å². The highest BCUT2D eigenvalue weighted by atomic mass is 32.2. The molecule has 0 atom stereocenters. The summed E-state index contributed by atoms with van der Waals surface area (Å²) in [5, 5.41) is 10.5. The average Bonchev–Trinajstić information content (AvgIpc) is 3.00. The molecule has 0 bridgehead atoms. The summed E-state index contributed by atoms with van der Waals surface area (Å²) < 4.78 is 2.11. The second-order valence-corrected chi connectivity index (χ2v) is 8.18. The molecule has 2 aromatic heterocycles. The van der Waals surface area contributed by atoms with E-state index in [2.05, 4.69) is 62.5 Å². The molecule has 0 saturated heterocycles. The minimum Gasteiger partial charge on any atom is -0.301 e. The highest BCUT2D eigenvalue weighted by Gasteiger charge is 2.13. The first kappa shape index (κ1) is 19.6. The molecule has 5 nitrogen and oxygen atoms in total. The molecule has 0 radical (unpaired) electrons. The van der Waals surface area contributed by atoms with E-state index in [0.717, 1.165) is 33.3 Å². The molecule has 0 amide bonds. The molecule has 1 aromatic carbocycles. The predicted molar refractivity (Wildman–Crippen MR) is 112 cm³/mol. The molecule has 0 unspecified atom stereocenters. The van der Waals surface area contributed by atoms with Crippen LogP contribution in [0.5, 0.6) is 0 Å². The van der Waals surface area contributed by atoms with Crippen LogP contribution in [0.15, 0.2) is 53.3 Å². The second kappa shape index (κ2) is 9.19. The number of hydrogen-bond acceptors (Lipinski definition) is 6. The average molecular weight is 398 g/mol. The van der Waals surface area contributed by atoms with Gasteiger partial charge in [-0.3, -0.25) is 0 Å². The van der Waals surface area contributed by atoms with Crippen molar-refractivity contribution in [2.45, 2.75) is 49.1 Å². The second-order valence-electron chi connectivity index (χ2n) is 6.30. The van der Waals surface area contributed by atoms with Crippen LogP contribution in [0.4, 0.5) is 0 Å². The molecule has 140 valence electrons. The summed E-state index contributed by atoms with van der Waals surface area (Å²) in [5.74, 6) is 2.45. The van der Waals surface area contributed by atoms with Gasteiger partial charge in [0, 0.05) is 23.7 Å². The lowest BCUT2D eigenvalue weighted by molar-refractivity contribution is 0.700. The highest BCUT2D eigenvalue weighted by Crippen LogP contribution is 2.25. The minimum absolute atomic E-state index is 0.675. The smallest absolute Gasteiger partial charge is 0.191 e. The summed E-state index contributed by atoms with van der Waals surface area (Å²) in [4.78, 5) is 8.97. The van der Waals surface area contributed by atoms with Crippen molar-refractivity contribution in [3.05, 3.63) is 71.3 Å². The topological polar surface area (TPSA) is 56.5 Å². The molecule has 3 rings (SSSR count). The monoisotopic (exact) mass is 397 g/mol. The van der Waals surface area contributed by atoms with Crippen LogP contribution in [0, 0.1) is 20.8 Å². The zero-order chi connectivity index (χ0) is 19.2. The third-order valence-electron chi connectivity index (χ3n) is 3.85. The first-order valence-electron chi connectivity index (χ1n) is 8.71. The van der Waals surface area contributed by atoms with Gasteiger partial charge in [0.15, 0.2) is 10.3 Å². The molecule has 2 heterocycles. The molecule has 0 aliphatic heterocycles. The molecular weight excluding hydrogens is 374 g/mol. The van der Waals surface area contributed by atoms with E-state index in [9.17, 15) is 0 Å². The van der Waals surface area contributed by atoms with E-state index in [1.54, 1.807) is 23.5 Å². The fourth-order valence-corrected chi connectivity index (χ4v) is 4.48. The van der Waals surface area contributed by atoms with Crippen molar-refractivity contribution in [3.63, 3.8) is 0 Å². The van der Waals surface area contributed by atoms with Gasteiger partial charge >= 0.3 is 0 Å². The van der Waals surface area contributed by atoms with Crippen LogP contribution in [-0.4, -0.2) is 24.7 Å². The lowest BCUT2D eigenvalue weighted by Crippen LogP contribution is -2.03. The number of hydrogen-bond donors (Lipinski definition) is 0. The first-order chi connectivity index (χ1) is 13.0. The zero-order valence-electron chi connectivity index (χ0n) is 15.8. The number of allylic oxidation sites excluding steroid dienone is 1. The van der Waals surface area contributed by atoms with Crippen molar-refractivity contribution >= 4 is 23.5 Å². The Morgan fingerprint density at radius 1 is 1.00 bits per heavy atom. The predicted octanol–water partition coefficient (Wildman–Crippen LogP) is 4.76. The molecule has 7 heteroatoms. The summed E-state index contributed by atoms with van der Waals surface area (Å²) in [5.41, 5.74) is 4.51. The number of aryl methyl sites for hydroxylation is 3.